The number of nitrogens with two attached hydrogens (primary N) is 1. The van der Waals surface area contributed by atoms with Crippen LogP contribution < -0.4 is 5.73 Å². The minimum Gasteiger partial charge on any atom is -0.360 e. The third-order valence-corrected chi connectivity index (χ3v) is 3.18. The molecule has 1 aromatic carbocycles. The lowest BCUT2D eigenvalue weighted by Gasteiger charge is -2.10. The number of ketones is 1. The summed E-state index contributed by atoms with van der Waals surface area (Å²) in [4.78, 5) is 14.9. The second-order valence-electron chi connectivity index (χ2n) is 3.96. The van der Waals surface area contributed by atoms with Crippen LogP contribution in [-0.4, -0.2) is 16.8 Å². The number of carbonyl (C=O) groups is 1. The van der Waals surface area contributed by atoms with Crippen molar-refractivity contribution in [3.8, 4) is 0 Å². The molecule has 1 aromatic heterocycles. The third-order valence-electron chi connectivity index (χ3n) is 2.71. The van der Waals surface area contributed by atoms with Gasteiger partial charge in [-0.1, -0.05) is 11.6 Å². The van der Waals surface area contributed by atoms with Crippen LogP contribution in [0.25, 0.3) is 10.9 Å². The molecule has 1 heterocycles. The number of rotatable bonds is 2. The van der Waals surface area contributed by atoms with E-state index >= 15 is 0 Å². The summed E-state index contributed by atoms with van der Waals surface area (Å²) in [6, 6.07) is 3.21. The fourth-order valence-electron chi connectivity index (χ4n) is 1.76. The molecule has 3 nitrogen and oxygen atoms in total. The molecule has 0 bridgehead atoms. The van der Waals surface area contributed by atoms with E-state index in [1.807, 2.05) is 19.1 Å². The summed E-state index contributed by atoms with van der Waals surface area (Å²) >= 11 is 6.20. The molecule has 2 rings (SSSR count). The van der Waals surface area contributed by atoms with Gasteiger partial charge in [0.25, 0.3) is 0 Å². The summed E-state index contributed by atoms with van der Waals surface area (Å²) in [5.74, 6) is -0.0810. The van der Waals surface area contributed by atoms with Gasteiger partial charge in [-0.15, -0.1) is 0 Å². The van der Waals surface area contributed by atoms with Crippen molar-refractivity contribution in [2.75, 3.05) is 0 Å². The Labute approximate surface area is 98.6 Å². The maximum Gasteiger partial charge on any atom is 0.179 e. The molecule has 2 aromatic rings. The summed E-state index contributed by atoms with van der Waals surface area (Å²) in [7, 11) is 0. The van der Waals surface area contributed by atoms with Crippen molar-refractivity contribution >= 4 is 28.3 Å². The lowest BCUT2D eigenvalue weighted by molar-refractivity contribution is 0.0967. The maximum absolute atomic E-state index is 11.9. The number of halogens is 1. The van der Waals surface area contributed by atoms with Gasteiger partial charge in [0.15, 0.2) is 5.78 Å². The predicted octanol–water partition coefficient (Wildman–Crippen LogP) is 2.66. The average Bonchev–Trinajstić information content (AvgIpc) is 2.70. The molecule has 0 aliphatic rings. The van der Waals surface area contributed by atoms with Crippen molar-refractivity contribution in [2.45, 2.75) is 19.9 Å². The molecule has 0 fully saturated rings. The molecule has 0 aliphatic heterocycles. The van der Waals surface area contributed by atoms with Gasteiger partial charge >= 0.3 is 0 Å². The van der Waals surface area contributed by atoms with Gasteiger partial charge in [0.1, 0.15) is 0 Å². The Balaban J connectivity index is 2.71. The molecule has 3 N–H and O–H groups in total. The molecule has 0 radical (unpaired) electrons. The topological polar surface area (TPSA) is 58.9 Å². The highest BCUT2D eigenvalue weighted by Crippen LogP contribution is 2.29. The number of benzene rings is 1. The monoisotopic (exact) mass is 236 g/mol. The molecule has 0 aliphatic carbocycles. The van der Waals surface area contributed by atoms with Crippen molar-refractivity contribution in [2.24, 2.45) is 5.73 Å². The Morgan fingerprint density at radius 2 is 2.25 bits per heavy atom. The number of hydrogen-bond acceptors (Lipinski definition) is 2. The van der Waals surface area contributed by atoms with Gasteiger partial charge in [0, 0.05) is 17.1 Å². The smallest absolute Gasteiger partial charge is 0.179 e. The van der Waals surface area contributed by atoms with Gasteiger partial charge in [-0.3, -0.25) is 4.79 Å². The van der Waals surface area contributed by atoms with Crippen LogP contribution in [0.15, 0.2) is 18.3 Å². The van der Waals surface area contributed by atoms with Crippen molar-refractivity contribution in [1.82, 2.24) is 4.98 Å². The van der Waals surface area contributed by atoms with E-state index < -0.39 is 6.04 Å². The number of fused-ring (bicyclic) bond motifs is 1. The average molecular weight is 237 g/mol. The van der Waals surface area contributed by atoms with Gasteiger partial charge in [0.05, 0.1) is 16.6 Å². The first kappa shape index (κ1) is 11.2. The van der Waals surface area contributed by atoms with E-state index in [2.05, 4.69) is 4.98 Å². The van der Waals surface area contributed by atoms with Crippen LogP contribution in [0.4, 0.5) is 0 Å². The third kappa shape index (κ3) is 1.62. The fourth-order valence-corrected chi connectivity index (χ4v) is 2.03. The molecule has 0 amide bonds. The number of aromatic amines is 1. The van der Waals surface area contributed by atoms with Crippen molar-refractivity contribution in [3.63, 3.8) is 0 Å². The second kappa shape index (κ2) is 3.92. The van der Waals surface area contributed by atoms with Crippen LogP contribution in [-0.2, 0) is 0 Å². The highest BCUT2D eigenvalue weighted by atomic mass is 35.5. The number of nitrogens with one attached hydrogen (secondary N) is 1. The molecule has 0 saturated heterocycles. The molecule has 1 atom stereocenters. The standard InChI is InChI=1S/C12H13ClN2O/c1-6-9(12(16)7(2)14)5-8-3-4-15-11(8)10(6)13/h3-5,7,15H,14H2,1-2H3. The zero-order valence-corrected chi connectivity index (χ0v) is 9.93. The van der Waals surface area contributed by atoms with Crippen LogP contribution >= 0.6 is 11.6 Å². The summed E-state index contributed by atoms with van der Waals surface area (Å²) in [5.41, 5.74) is 7.85. The minimum absolute atomic E-state index is 0.0810. The van der Waals surface area contributed by atoms with Crippen molar-refractivity contribution in [3.05, 3.63) is 34.5 Å². The Kier molecular flexibility index (Phi) is 2.74. The number of carbonyl (C=O) groups excluding carboxylic acids is 1. The van der Waals surface area contributed by atoms with E-state index in [9.17, 15) is 4.79 Å². The molecule has 0 spiro atoms. The summed E-state index contributed by atoms with van der Waals surface area (Å²) < 4.78 is 0. The normalized spacial score (nSPS) is 13.0. The SMILES string of the molecule is Cc1c(C(=O)C(C)N)cc2cc[nH]c2c1Cl. The minimum atomic E-state index is -0.508. The highest BCUT2D eigenvalue weighted by Gasteiger charge is 2.17. The van der Waals surface area contributed by atoms with Crippen molar-refractivity contribution < 1.29 is 4.79 Å². The van der Waals surface area contributed by atoms with E-state index in [0.717, 1.165) is 16.5 Å². The van der Waals surface area contributed by atoms with Crippen molar-refractivity contribution in [1.29, 1.82) is 0 Å². The first-order valence-electron chi connectivity index (χ1n) is 5.08. The molecule has 84 valence electrons. The number of hydrogen-bond donors (Lipinski definition) is 2. The molecule has 1 unspecified atom stereocenters. The Hall–Kier alpha value is -1.32. The Morgan fingerprint density at radius 3 is 2.88 bits per heavy atom. The Bertz CT molecular complexity index is 557. The number of H-pyrrole nitrogens is 1. The summed E-state index contributed by atoms with van der Waals surface area (Å²) in [5, 5.41) is 1.52. The Morgan fingerprint density at radius 1 is 1.56 bits per heavy atom. The molecule has 16 heavy (non-hydrogen) atoms. The molecular weight excluding hydrogens is 224 g/mol. The molecule has 0 saturated carbocycles. The largest absolute Gasteiger partial charge is 0.360 e. The van der Waals surface area contributed by atoms with Gasteiger partial charge in [-0.25, -0.2) is 0 Å². The van der Waals surface area contributed by atoms with Gasteiger partial charge in [0.2, 0.25) is 0 Å². The van der Waals surface area contributed by atoms with E-state index in [1.54, 1.807) is 13.1 Å². The molecule has 4 heteroatoms. The van der Waals surface area contributed by atoms with Crippen LogP contribution in [0.5, 0.6) is 0 Å². The van der Waals surface area contributed by atoms with Crippen LogP contribution in [0.3, 0.4) is 0 Å². The lowest BCUT2D eigenvalue weighted by Crippen LogP contribution is -2.27. The highest BCUT2D eigenvalue weighted by molar-refractivity contribution is 6.36. The second-order valence-corrected chi connectivity index (χ2v) is 4.34. The number of aromatic nitrogens is 1. The van der Waals surface area contributed by atoms with E-state index in [1.165, 1.54) is 0 Å². The van der Waals surface area contributed by atoms with E-state index in [4.69, 9.17) is 17.3 Å². The van der Waals surface area contributed by atoms with Gasteiger partial charge < -0.3 is 10.7 Å². The first-order valence-corrected chi connectivity index (χ1v) is 5.46. The van der Waals surface area contributed by atoms with Crippen LogP contribution in [0.1, 0.15) is 22.8 Å². The van der Waals surface area contributed by atoms with E-state index in [-0.39, 0.29) is 5.78 Å². The maximum atomic E-state index is 11.9. The van der Waals surface area contributed by atoms with Crippen LogP contribution in [0, 0.1) is 6.92 Å². The van der Waals surface area contributed by atoms with Gasteiger partial charge in [-0.2, -0.15) is 0 Å². The predicted molar refractivity (Wildman–Crippen MR) is 66.0 cm³/mol. The van der Waals surface area contributed by atoms with E-state index in [0.29, 0.717) is 10.6 Å². The quantitative estimate of drug-likeness (QED) is 0.788. The first-order chi connectivity index (χ1) is 7.52. The lowest BCUT2D eigenvalue weighted by atomic mass is 9.99. The van der Waals surface area contributed by atoms with Crippen LogP contribution in [0.2, 0.25) is 5.02 Å². The summed E-state index contributed by atoms with van der Waals surface area (Å²) in [6.07, 6.45) is 1.80. The summed E-state index contributed by atoms with van der Waals surface area (Å²) in [6.45, 7) is 3.51. The fraction of sp³-hybridized carbons (Fsp3) is 0.250. The molecular formula is C12H13ClN2O. The number of Topliss-reactive ketones (excluding diaryl/α,β-unsaturated/α-hetero) is 1. The zero-order valence-electron chi connectivity index (χ0n) is 9.17. The zero-order chi connectivity index (χ0) is 11.9. The van der Waals surface area contributed by atoms with Gasteiger partial charge in [-0.05, 0) is 31.5 Å².